The third-order valence-electron chi connectivity index (χ3n) is 17.5. The highest BCUT2D eigenvalue weighted by Crippen LogP contribution is 2.40. The number of hydrogen-bond acceptors (Lipinski definition) is 17. The minimum Gasteiger partial charge on any atom is -0.508 e. The van der Waals surface area contributed by atoms with Gasteiger partial charge in [0.25, 0.3) is 0 Å². The number of carbonyl (C=O) groups excluding carboxylic acids is 2. The van der Waals surface area contributed by atoms with Gasteiger partial charge in [0.1, 0.15) is 18.2 Å². The number of rotatable bonds is 26. The van der Waals surface area contributed by atoms with Gasteiger partial charge in [-0.3, -0.25) is 48.5 Å². The summed E-state index contributed by atoms with van der Waals surface area (Å²) in [5, 5.41) is 56.2. The van der Waals surface area contributed by atoms with Crippen LogP contribution in [0.4, 0.5) is 11.5 Å². The number of aromatic hydroxyl groups is 1. The van der Waals surface area contributed by atoms with Gasteiger partial charge in [-0.1, -0.05) is 70.8 Å². The second-order valence-electron chi connectivity index (χ2n) is 23.0. The molecule has 2 amide bonds. The number of halogens is 1. The van der Waals surface area contributed by atoms with Gasteiger partial charge in [-0.2, -0.15) is 15.2 Å². The monoisotopic (exact) mass is 1180 g/mol. The summed E-state index contributed by atoms with van der Waals surface area (Å²) in [4.78, 5) is 90.0. The minimum atomic E-state index is -1.00. The van der Waals surface area contributed by atoms with Crippen molar-refractivity contribution in [3.05, 3.63) is 59.3 Å². The zero-order valence-corrected chi connectivity index (χ0v) is 50.4. The van der Waals surface area contributed by atoms with Gasteiger partial charge < -0.3 is 45.2 Å². The van der Waals surface area contributed by atoms with Crippen molar-refractivity contribution in [2.75, 3.05) is 115 Å². The van der Waals surface area contributed by atoms with E-state index in [1.165, 1.54) is 6.08 Å². The molecule has 3 fully saturated rings. The number of aliphatic carboxylic acids is 3. The summed E-state index contributed by atoms with van der Waals surface area (Å²) >= 11 is 6.79. The van der Waals surface area contributed by atoms with Crippen LogP contribution in [-0.4, -0.2) is 231 Å². The molecular formula is C61H89ClN12O10. The lowest BCUT2D eigenvalue weighted by molar-refractivity contribution is -0.143. The van der Waals surface area contributed by atoms with Crippen LogP contribution in [0.15, 0.2) is 43.0 Å². The number of nitrogens with zero attached hydrogens (tertiary/aromatic N) is 11. The van der Waals surface area contributed by atoms with Crippen LogP contribution in [0, 0.1) is 11.3 Å². The maximum Gasteiger partial charge on any atom is 0.318 e. The van der Waals surface area contributed by atoms with E-state index in [4.69, 9.17) is 26.3 Å². The third kappa shape index (κ3) is 17.4. The van der Waals surface area contributed by atoms with Crippen molar-refractivity contribution in [1.29, 1.82) is 5.26 Å². The highest BCUT2D eigenvalue weighted by Gasteiger charge is 2.37. The van der Waals surface area contributed by atoms with Crippen LogP contribution in [0.3, 0.4) is 0 Å². The number of aromatic nitrogens is 2. The van der Waals surface area contributed by atoms with Crippen molar-refractivity contribution in [2.24, 2.45) is 0 Å². The number of phenolic OH excluding ortho intramolecular Hbond substituents is 1. The number of unbranched alkanes of at least 4 members (excludes halogenated alkanes) is 3. The van der Waals surface area contributed by atoms with Crippen LogP contribution in [0.1, 0.15) is 110 Å². The first-order valence-electron chi connectivity index (χ1n) is 30.3. The Hall–Kier alpha value is -6.35. The summed E-state index contributed by atoms with van der Waals surface area (Å²) in [6, 6.07) is 10.3. The van der Waals surface area contributed by atoms with Crippen molar-refractivity contribution in [3.8, 4) is 17.8 Å². The molecule has 0 unspecified atom stereocenters. The number of nitriles is 1. The molecule has 3 saturated heterocycles. The molecule has 0 aliphatic carbocycles. The average Bonchev–Trinajstić information content (AvgIpc) is 2.72. The maximum absolute atomic E-state index is 13.9. The zero-order chi connectivity index (χ0) is 60.5. The maximum atomic E-state index is 13.9. The standard InChI is InChI=1S/C61H89ClN12O10/c1-6-43-32-71(38-56(78)79)45(8-3)34-73(40-58(82)83)46(9-4)33-72(39-57(80)81)44(7-2)31-70(43)37-54(76)64-23-13-11-12-14-24-67-25-16-18-48(67)41-84-61-65-52-36-68(53-30-49(75)29-42-17-15-19-51(62)59(42)53)26-21-50(52)60(66-61)69-27-28-74(55(77)10-5)47(35-69)20-22-63/h10,15,17,19,29-30,43-48,75H,5-9,11-14,16,18,20-21,23-28,31-41H2,1-4H3,(H,64,76)(H,78,79)(H,80,81)(H,82,83)/t43-,44-,45-,46-,47-,48-/m0/s1. The number of amides is 2. The Kier molecular flexibility index (Phi) is 24.6. The van der Waals surface area contributed by atoms with E-state index in [2.05, 4.69) is 37.6 Å². The molecule has 5 heterocycles. The molecule has 5 N–H and O–H groups in total. The first kappa shape index (κ1) is 65.2. The summed E-state index contributed by atoms with van der Waals surface area (Å²) in [5.74, 6) is -2.46. The molecule has 4 aliphatic heterocycles. The number of phenols is 1. The van der Waals surface area contributed by atoms with E-state index in [0.29, 0.717) is 109 Å². The highest BCUT2D eigenvalue weighted by molar-refractivity contribution is 6.36. The van der Waals surface area contributed by atoms with E-state index in [1.54, 1.807) is 17.0 Å². The quantitative estimate of drug-likeness (QED) is 0.0471. The lowest BCUT2D eigenvalue weighted by Gasteiger charge is -2.45. The Bertz CT molecular complexity index is 2770. The average molecular weight is 1190 g/mol. The van der Waals surface area contributed by atoms with E-state index >= 15 is 0 Å². The van der Waals surface area contributed by atoms with Crippen LogP contribution in [0.25, 0.3) is 10.8 Å². The number of likely N-dealkylation sites (tertiary alicyclic amines) is 1. The molecule has 84 heavy (non-hydrogen) atoms. The van der Waals surface area contributed by atoms with Crippen LogP contribution in [0.2, 0.25) is 5.02 Å². The van der Waals surface area contributed by atoms with Gasteiger partial charge in [-0.15, -0.1) is 0 Å². The molecular weight excluding hydrogens is 1100 g/mol. The number of anilines is 2. The predicted molar refractivity (Wildman–Crippen MR) is 323 cm³/mol. The van der Waals surface area contributed by atoms with Gasteiger partial charge in [-0.05, 0) is 94.5 Å². The minimum absolute atomic E-state index is 0.0640. The van der Waals surface area contributed by atoms with Crippen molar-refractivity contribution >= 4 is 63.6 Å². The van der Waals surface area contributed by atoms with Crippen molar-refractivity contribution in [3.63, 3.8) is 0 Å². The van der Waals surface area contributed by atoms with Gasteiger partial charge >= 0.3 is 23.9 Å². The van der Waals surface area contributed by atoms with Gasteiger partial charge in [0, 0.05) is 106 Å². The van der Waals surface area contributed by atoms with Gasteiger partial charge in [0.05, 0.1) is 67.7 Å². The SMILES string of the molecule is C=CC(=O)N1CCN(c2nc(OC[C@@H]3CCCN3CCCCCCNC(=O)CN3C[C@H](CC)N(CC(=O)O)C[C@H](CC)N(CC(=O)O)C[C@H](CC)N(CC(=O)O)C[C@@H]3CC)nc3c2CCN(c2cc(O)cc4cccc(Cl)c24)C3)C[C@@H]1CC#N. The van der Waals surface area contributed by atoms with E-state index in [-0.39, 0.29) is 92.4 Å². The molecule has 0 radical (unpaired) electrons. The molecule has 22 nitrogen and oxygen atoms in total. The molecule has 0 spiro atoms. The van der Waals surface area contributed by atoms with E-state index in [0.717, 1.165) is 85.1 Å². The van der Waals surface area contributed by atoms with Crippen molar-refractivity contribution in [1.82, 2.24) is 44.7 Å². The summed E-state index contributed by atoms with van der Waals surface area (Å²) in [6.07, 6.45) is 10.0. The second-order valence-corrected chi connectivity index (χ2v) is 23.4. The summed E-state index contributed by atoms with van der Waals surface area (Å²) in [7, 11) is 0. The Balaban J connectivity index is 0.965. The fourth-order valence-corrected chi connectivity index (χ4v) is 13.3. The largest absolute Gasteiger partial charge is 0.508 e. The molecule has 0 saturated carbocycles. The highest BCUT2D eigenvalue weighted by atomic mass is 35.5. The Labute approximate surface area is 499 Å². The lowest BCUT2D eigenvalue weighted by Crippen LogP contribution is -2.60. The number of ether oxygens (including phenoxy) is 1. The summed E-state index contributed by atoms with van der Waals surface area (Å²) in [6.45, 7) is 17.4. The molecule has 4 aliphatic rings. The first-order valence-corrected chi connectivity index (χ1v) is 30.7. The fourth-order valence-electron chi connectivity index (χ4n) is 13.0. The smallest absolute Gasteiger partial charge is 0.318 e. The van der Waals surface area contributed by atoms with E-state index in [9.17, 15) is 49.7 Å². The Morgan fingerprint density at radius 1 is 0.738 bits per heavy atom. The summed E-state index contributed by atoms with van der Waals surface area (Å²) < 4.78 is 6.58. The molecule has 2 aromatic carbocycles. The van der Waals surface area contributed by atoms with Gasteiger partial charge in [0.15, 0.2) is 0 Å². The second kappa shape index (κ2) is 31.7. The molecule has 1 aromatic heterocycles. The van der Waals surface area contributed by atoms with Gasteiger partial charge in [-0.25, -0.2) is 0 Å². The number of piperazine rings is 1. The van der Waals surface area contributed by atoms with Crippen LogP contribution in [-0.2, 0) is 36.9 Å². The Morgan fingerprint density at radius 3 is 1.93 bits per heavy atom. The van der Waals surface area contributed by atoms with E-state index in [1.807, 2.05) is 60.6 Å². The molecule has 0 bridgehead atoms. The lowest BCUT2D eigenvalue weighted by atomic mass is 10.0. The summed E-state index contributed by atoms with van der Waals surface area (Å²) in [5.41, 5.74) is 2.59. The first-order chi connectivity index (χ1) is 40.5. The number of nitrogens with one attached hydrogen (secondary N) is 1. The third-order valence-corrected chi connectivity index (χ3v) is 17.8. The number of carboxylic acid groups (broad SMARTS) is 3. The number of carbonyl (C=O) groups is 5. The zero-order valence-electron chi connectivity index (χ0n) is 49.7. The van der Waals surface area contributed by atoms with Crippen LogP contribution in [0.5, 0.6) is 11.8 Å². The van der Waals surface area contributed by atoms with Crippen molar-refractivity contribution in [2.45, 2.75) is 148 Å². The number of carboxylic acids is 3. The predicted octanol–water partition coefficient (Wildman–Crippen LogP) is 5.78. The topological polar surface area (TPSA) is 263 Å². The molecule has 460 valence electrons. The fraction of sp³-hybridized carbons (Fsp3) is 0.639. The van der Waals surface area contributed by atoms with Crippen molar-refractivity contribution < 1.29 is 49.1 Å². The number of hydrogen-bond donors (Lipinski definition) is 5. The van der Waals surface area contributed by atoms with E-state index < -0.39 is 17.9 Å². The Morgan fingerprint density at radius 2 is 1.35 bits per heavy atom. The molecule has 23 heteroatoms. The normalized spacial score (nSPS) is 22.6. The van der Waals surface area contributed by atoms with Crippen LogP contribution >= 0.6 is 11.6 Å². The molecule has 3 aromatic rings. The van der Waals surface area contributed by atoms with Crippen LogP contribution < -0.4 is 19.9 Å². The van der Waals surface area contributed by atoms with Gasteiger partial charge in [0.2, 0.25) is 11.8 Å². The molecule has 7 rings (SSSR count). The number of benzene rings is 2. The molecule has 6 atom stereocenters. The number of fused-ring (bicyclic) bond motifs is 2.